The lowest BCUT2D eigenvalue weighted by atomic mass is 10.0. The molecule has 0 spiro atoms. The van der Waals surface area contributed by atoms with E-state index in [0.717, 1.165) is 35.4 Å². The molecule has 8 nitrogen and oxygen atoms in total. The fourth-order valence-corrected chi connectivity index (χ4v) is 4.62. The molecule has 0 unspecified atom stereocenters. The van der Waals surface area contributed by atoms with Gasteiger partial charge in [0.15, 0.2) is 5.56 Å². The highest BCUT2D eigenvalue weighted by atomic mass is 16.5. The first kappa shape index (κ1) is 22.5. The second-order valence-electron chi connectivity index (χ2n) is 8.17. The molecule has 2 aromatic heterocycles. The Bertz CT molecular complexity index is 1300. The molecule has 1 N–H and O–H groups in total. The Morgan fingerprint density at radius 2 is 1.88 bits per heavy atom. The van der Waals surface area contributed by atoms with Crippen molar-refractivity contribution in [2.24, 2.45) is 7.05 Å². The molecule has 4 rings (SSSR count). The van der Waals surface area contributed by atoms with Gasteiger partial charge in [0.25, 0.3) is 5.56 Å². The molecule has 33 heavy (non-hydrogen) atoms. The lowest BCUT2D eigenvalue weighted by molar-refractivity contribution is 0.0594. The summed E-state index contributed by atoms with van der Waals surface area (Å²) in [6.45, 7) is 2.15. The van der Waals surface area contributed by atoms with Crippen LogP contribution in [0, 0.1) is 6.92 Å². The van der Waals surface area contributed by atoms with Crippen molar-refractivity contribution < 1.29 is 24.1 Å². The number of aromatic hydroxyl groups is 1. The summed E-state index contributed by atoms with van der Waals surface area (Å²) in [5.74, 6) is 0.0306. The van der Waals surface area contributed by atoms with Crippen molar-refractivity contribution >= 4 is 5.97 Å². The quantitative estimate of drug-likeness (QED) is 0.598. The number of methoxy groups -OCH3 is 3. The third kappa shape index (κ3) is 3.65. The zero-order chi connectivity index (χ0) is 23.9. The highest BCUT2D eigenvalue weighted by Gasteiger charge is 2.31. The molecule has 3 aromatic rings. The summed E-state index contributed by atoms with van der Waals surface area (Å²) in [5.41, 5.74) is 4.01. The molecular weight excluding hydrogens is 424 g/mol. The summed E-state index contributed by atoms with van der Waals surface area (Å²) < 4.78 is 19.3. The molecule has 8 heteroatoms. The maximum atomic E-state index is 13.6. The van der Waals surface area contributed by atoms with Crippen LogP contribution >= 0.6 is 0 Å². The molecule has 0 saturated heterocycles. The van der Waals surface area contributed by atoms with Crippen molar-refractivity contribution in [2.45, 2.75) is 32.7 Å². The number of fused-ring (bicyclic) bond motifs is 3. The number of aryl methyl sites for hydroxylation is 1. The van der Waals surface area contributed by atoms with E-state index in [-0.39, 0.29) is 17.9 Å². The van der Waals surface area contributed by atoms with E-state index in [1.807, 2.05) is 26.1 Å². The van der Waals surface area contributed by atoms with Crippen LogP contribution in [-0.4, -0.2) is 41.5 Å². The molecule has 0 bridgehead atoms. The first-order valence-corrected chi connectivity index (χ1v) is 10.8. The van der Waals surface area contributed by atoms with E-state index >= 15 is 0 Å². The Hall–Kier alpha value is -3.68. The standard InChI is InChI=1S/C25H28N2O6/c1-14-11-18-19(26(14)2)8-6-7-17-22(18)27(24(29)21(23(17)28)25(30)33-5)13-15-9-10-16(31-3)12-20(15)32-4/h9-12,28H,6-8,13H2,1-5H3. The van der Waals surface area contributed by atoms with Crippen molar-refractivity contribution in [1.82, 2.24) is 9.13 Å². The van der Waals surface area contributed by atoms with E-state index in [4.69, 9.17) is 14.2 Å². The van der Waals surface area contributed by atoms with Gasteiger partial charge in [-0.3, -0.25) is 4.79 Å². The lowest BCUT2D eigenvalue weighted by Gasteiger charge is -2.20. The number of nitrogens with zero attached hydrogens (tertiary/aromatic N) is 2. The molecule has 174 valence electrons. The zero-order valence-corrected chi connectivity index (χ0v) is 19.5. The van der Waals surface area contributed by atoms with Gasteiger partial charge in [-0.2, -0.15) is 0 Å². The molecule has 1 aliphatic carbocycles. The van der Waals surface area contributed by atoms with E-state index in [9.17, 15) is 14.7 Å². The van der Waals surface area contributed by atoms with E-state index in [1.165, 1.54) is 7.11 Å². The summed E-state index contributed by atoms with van der Waals surface area (Å²) >= 11 is 0. The van der Waals surface area contributed by atoms with Crippen LogP contribution in [0.25, 0.3) is 11.3 Å². The minimum Gasteiger partial charge on any atom is -0.506 e. The number of esters is 1. The van der Waals surface area contributed by atoms with Gasteiger partial charge in [0.05, 0.1) is 33.6 Å². The number of carbonyl (C=O) groups excluding carboxylic acids is 1. The second-order valence-corrected chi connectivity index (χ2v) is 8.17. The zero-order valence-electron chi connectivity index (χ0n) is 19.5. The normalized spacial score (nSPS) is 12.5. The van der Waals surface area contributed by atoms with Crippen LogP contribution in [-0.2, 0) is 31.2 Å². The van der Waals surface area contributed by atoms with Crippen molar-refractivity contribution in [2.75, 3.05) is 21.3 Å². The van der Waals surface area contributed by atoms with Gasteiger partial charge < -0.3 is 28.5 Å². The molecule has 0 aliphatic heterocycles. The predicted octanol–water partition coefficient (Wildman–Crippen LogP) is 3.21. The van der Waals surface area contributed by atoms with Crippen LogP contribution in [0.2, 0.25) is 0 Å². The van der Waals surface area contributed by atoms with E-state index < -0.39 is 11.5 Å². The van der Waals surface area contributed by atoms with Gasteiger partial charge in [0.2, 0.25) is 0 Å². The smallest absolute Gasteiger partial charge is 0.347 e. The number of hydrogen-bond acceptors (Lipinski definition) is 6. The molecule has 0 atom stereocenters. The number of aromatic nitrogens is 2. The largest absolute Gasteiger partial charge is 0.506 e. The van der Waals surface area contributed by atoms with Gasteiger partial charge in [-0.1, -0.05) is 0 Å². The molecule has 0 fully saturated rings. The third-order valence-corrected chi connectivity index (χ3v) is 6.44. The lowest BCUT2D eigenvalue weighted by Crippen LogP contribution is -2.30. The summed E-state index contributed by atoms with van der Waals surface area (Å²) in [6.07, 6.45) is 2.09. The van der Waals surface area contributed by atoms with Gasteiger partial charge in [-0.15, -0.1) is 0 Å². The van der Waals surface area contributed by atoms with Crippen molar-refractivity contribution in [3.05, 3.63) is 62.7 Å². The molecule has 0 radical (unpaired) electrons. The van der Waals surface area contributed by atoms with Crippen molar-refractivity contribution in [3.63, 3.8) is 0 Å². The summed E-state index contributed by atoms with van der Waals surface area (Å²) in [5, 5.41) is 11.0. The third-order valence-electron chi connectivity index (χ3n) is 6.44. The summed E-state index contributed by atoms with van der Waals surface area (Å²) in [7, 11) is 6.32. The maximum absolute atomic E-state index is 13.6. The minimum atomic E-state index is -0.857. The Morgan fingerprint density at radius 1 is 1.12 bits per heavy atom. The van der Waals surface area contributed by atoms with E-state index in [0.29, 0.717) is 29.2 Å². The van der Waals surface area contributed by atoms with Gasteiger partial charge in [0, 0.05) is 41.2 Å². The van der Waals surface area contributed by atoms with Crippen LogP contribution in [0.4, 0.5) is 0 Å². The Morgan fingerprint density at radius 3 is 2.55 bits per heavy atom. The summed E-state index contributed by atoms with van der Waals surface area (Å²) in [4.78, 5) is 26.1. The second kappa shape index (κ2) is 8.69. The Balaban J connectivity index is 2.05. The Kier molecular flexibility index (Phi) is 5.93. The van der Waals surface area contributed by atoms with Crippen molar-refractivity contribution in [3.8, 4) is 28.5 Å². The molecule has 1 aliphatic rings. The average molecular weight is 453 g/mol. The fraction of sp³-hybridized carbons (Fsp3) is 0.360. The molecule has 0 saturated carbocycles. The SMILES string of the molecule is COC(=O)c1c(O)c2c(n(Cc3ccc(OC)cc3OC)c1=O)-c1cc(C)n(C)c1CCC2. The molecule has 0 amide bonds. The topological polar surface area (TPSA) is 91.9 Å². The average Bonchev–Trinajstić information content (AvgIpc) is 2.97. The van der Waals surface area contributed by atoms with Crippen molar-refractivity contribution in [1.29, 1.82) is 0 Å². The molecule has 2 heterocycles. The van der Waals surface area contributed by atoms with Crippen LogP contribution in [0.1, 0.15) is 39.3 Å². The van der Waals surface area contributed by atoms with E-state index in [1.54, 1.807) is 30.9 Å². The fourth-order valence-electron chi connectivity index (χ4n) is 4.62. The van der Waals surface area contributed by atoms with Gasteiger partial charge in [-0.05, 0) is 44.4 Å². The van der Waals surface area contributed by atoms with Crippen LogP contribution in [0.5, 0.6) is 17.2 Å². The number of ether oxygens (including phenoxy) is 3. The monoisotopic (exact) mass is 452 g/mol. The maximum Gasteiger partial charge on any atom is 0.347 e. The first-order chi connectivity index (χ1) is 15.8. The highest BCUT2D eigenvalue weighted by molar-refractivity contribution is 5.93. The van der Waals surface area contributed by atoms with Crippen LogP contribution in [0.15, 0.2) is 29.1 Å². The van der Waals surface area contributed by atoms with E-state index in [2.05, 4.69) is 4.57 Å². The number of pyridine rings is 1. The van der Waals surface area contributed by atoms with Gasteiger partial charge in [-0.25, -0.2) is 4.79 Å². The van der Waals surface area contributed by atoms with Crippen LogP contribution in [0.3, 0.4) is 0 Å². The number of carbonyl (C=O) groups is 1. The number of rotatable bonds is 5. The predicted molar refractivity (Wildman–Crippen MR) is 124 cm³/mol. The first-order valence-electron chi connectivity index (χ1n) is 10.8. The Labute approximate surface area is 191 Å². The summed E-state index contributed by atoms with van der Waals surface area (Å²) in [6, 6.07) is 7.40. The number of hydrogen-bond donors (Lipinski definition) is 1. The van der Waals surface area contributed by atoms with Gasteiger partial charge >= 0.3 is 5.97 Å². The molecular formula is C25H28N2O6. The minimum absolute atomic E-state index is 0.145. The number of benzene rings is 1. The highest BCUT2D eigenvalue weighted by Crippen LogP contribution is 2.39. The molecule has 1 aromatic carbocycles. The van der Waals surface area contributed by atoms with Gasteiger partial charge in [0.1, 0.15) is 17.2 Å². The van der Waals surface area contributed by atoms with Crippen LogP contribution < -0.4 is 15.0 Å².